The summed E-state index contributed by atoms with van der Waals surface area (Å²) in [5.41, 5.74) is 4.86. The molecule has 7 heteroatoms. The van der Waals surface area contributed by atoms with E-state index in [1.807, 2.05) is 0 Å². The van der Waals surface area contributed by atoms with Crippen LogP contribution in [0.4, 0.5) is 13.2 Å². The molecular weight excluding hydrogens is 245 g/mol. The highest BCUT2D eigenvalue weighted by Crippen LogP contribution is 2.21. The number of likely N-dealkylation sites (tertiary alicyclic amines) is 1. The average molecular weight is 261 g/mol. The zero-order valence-corrected chi connectivity index (χ0v) is 9.61. The molecule has 0 aromatic carbocycles. The second kappa shape index (κ2) is 6.30. The Hall–Kier alpha value is -0.490. The summed E-state index contributed by atoms with van der Waals surface area (Å²) in [5, 5.41) is 0. The lowest BCUT2D eigenvalue weighted by molar-refractivity contribution is -0.169. The van der Waals surface area contributed by atoms with Crippen LogP contribution in [0.5, 0.6) is 0 Å². The van der Waals surface area contributed by atoms with E-state index in [4.69, 9.17) is 5.73 Å². The van der Waals surface area contributed by atoms with E-state index in [-0.39, 0.29) is 12.4 Å². The van der Waals surface area contributed by atoms with Gasteiger partial charge in [0, 0.05) is 13.1 Å². The standard InChI is InChI=1S/C9H15F3N2O.ClH/c10-9(11,12)7(13)8(15)14-5-3-1-2-4-6-14;/h7H,1-6,13H2;1H. The monoisotopic (exact) mass is 260 g/mol. The van der Waals surface area contributed by atoms with Crippen LogP contribution in [0, 0.1) is 0 Å². The van der Waals surface area contributed by atoms with Crippen LogP contribution in [-0.2, 0) is 4.79 Å². The lowest BCUT2D eigenvalue weighted by atomic mass is 10.2. The van der Waals surface area contributed by atoms with Crippen molar-refractivity contribution in [2.24, 2.45) is 5.73 Å². The minimum atomic E-state index is -4.64. The van der Waals surface area contributed by atoms with Crippen molar-refractivity contribution < 1.29 is 18.0 Å². The summed E-state index contributed by atoms with van der Waals surface area (Å²) in [6.07, 6.45) is -1.19. The SMILES string of the molecule is Cl.NC(C(=O)N1CCCCCC1)C(F)(F)F. The van der Waals surface area contributed by atoms with E-state index in [1.54, 1.807) is 0 Å². The van der Waals surface area contributed by atoms with Gasteiger partial charge in [-0.05, 0) is 12.8 Å². The molecule has 0 spiro atoms. The Morgan fingerprint density at radius 1 is 1.12 bits per heavy atom. The highest BCUT2D eigenvalue weighted by atomic mass is 35.5. The highest BCUT2D eigenvalue weighted by molar-refractivity contribution is 5.85. The molecule has 3 nitrogen and oxygen atoms in total. The van der Waals surface area contributed by atoms with Gasteiger partial charge in [0.25, 0.3) is 0 Å². The van der Waals surface area contributed by atoms with Gasteiger partial charge in [0.1, 0.15) is 0 Å². The molecule has 1 saturated heterocycles. The van der Waals surface area contributed by atoms with Gasteiger partial charge in [-0.2, -0.15) is 13.2 Å². The number of nitrogens with two attached hydrogens (primary N) is 1. The van der Waals surface area contributed by atoms with Crippen LogP contribution in [-0.4, -0.2) is 36.1 Å². The molecule has 1 amide bonds. The summed E-state index contributed by atoms with van der Waals surface area (Å²) < 4.78 is 36.6. The Morgan fingerprint density at radius 3 is 1.94 bits per heavy atom. The number of halogens is 4. The molecule has 0 radical (unpaired) electrons. The zero-order valence-electron chi connectivity index (χ0n) is 8.79. The Labute approximate surface area is 98.6 Å². The minimum absolute atomic E-state index is 0. The van der Waals surface area contributed by atoms with E-state index in [9.17, 15) is 18.0 Å². The number of amides is 1. The molecule has 1 aliphatic rings. The molecule has 0 aliphatic carbocycles. The van der Waals surface area contributed by atoms with E-state index < -0.39 is 18.1 Å². The number of rotatable bonds is 1. The van der Waals surface area contributed by atoms with Gasteiger partial charge in [0.05, 0.1) is 0 Å². The van der Waals surface area contributed by atoms with Crippen molar-refractivity contribution in [3.8, 4) is 0 Å². The zero-order chi connectivity index (χ0) is 11.5. The van der Waals surface area contributed by atoms with Crippen molar-refractivity contribution in [3.05, 3.63) is 0 Å². The smallest absolute Gasteiger partial charge is 0.341 e. The quantitative estimate of drug-likeness (QED) is 0.780. The third-order valence-electron chi connectivity index (χ3n) is 2.54. The van der Waals surface area contributed by atoms with Gasteiger partial charge in [-0.15, -0.1) is 12.4 Å². The van der Waals surface area contributed by atoms with Crippen LogP contribution in [0.1, 0.15) is 25.7 Å². The number of nitrogens with zero attached hydrogens (tertiary/aromatic N) is 1. The molecule has 0 bridgehead atoms. The fourth-order valence-corrected chi connectivity index (χ4v) is 1.63. The minimum Gasteiger partial charge on any atom is -0.341 e. The Kier molecular flexibility index (Phi) is 6.10. The molecule has 1 atom stereocenters. The van der Waals surface area contributed by atoms with E-state index in [2.05, 4.69) is 0 Å². The first-order chi connectivity index (χ1) is 6.93. The summed E-state index contributed by atoms with van der Waals surface area (Å²) in [6, 6.07) is -2.37. The van der Waals surface area contributed by atoms with Gasteiger partial charge in [-0.25, -0.2) is 0 Å². The van der Waals surface area contributed by atoms with Crippen LogP contribution in [0.15, 0.2) is 0 Å². The first kappa shape index (κ1) is 15.5. The summed E-state index contributed by atoms with van der Waals surface area (Å²) in [4.78, 5) is 12.6. The lowest BCUT2D eigenvalue weighted by Gasteiger charge is -2.25. The highest BCUT2D eigenvalue weighted by Gasteiger charge is 2.43. The maximum Gasteiger partial charge on any atom is 0.412 e. The number of alkyl halides is 3. The summed E-state index contributed by atoms with van der Waals surface area (Å²) in [7, 11) is 0. The first-order valence-corrected chi connectivity index (χ1v) is 5.04. The second-order valence-corrected chi connectivity index (χ2v) is 3.76. The van der Waals surface area contributed by atoms with Gasteiger partial charge in [0.2, 0.25) is 5.91 Å². The van der Waals surface area contributed by atoms with Gasteiger partial charge in [-0.3, -0.25) is 4.79 Å². The molecule has 1 aliphatic heterocycles. The van der Waals surface area contributed by atoms with Crippen LogP contribution in [0.2, 0.25) is 0 Å². The average Bonchev–Trinajstić information content (AvgIpc) is 2.42. The van der Waals surface area contributed by atoms with E-state index >= 15 is 0 Å². The van der Waals surface area contributed by atoms with Gasteiger partial charge >= 0.3 is 6.18 Å². The Bertz CT molecular complexity index is 227. The third kappa shape index (κ3) is 4.17. The molecule has 16 heavy (non-hydrogen) atoms. The summed E-state index contributed by atoms with van der Waals surface area (Å²) in [6.45, 7) is 0.783. The Morgan fingerprint density at radius 2 is 1.56 bits per heavy atom. The predicted octanol–water partition coefficient (Wildman–Crippen LogP) is 1.70. The fourth-order valence-electron chi connectivity index (χ4n) is 1.63. The number of carbonyl (C=O) groups excluding carboxylic acids is 1. The molecule has 1 rings (SSSR count). The topological polar surface area (TPSA) is 46.3 Å². The maximum absolute atomic E-state index is 12.2. The molecule has 0 saturated carbocycles. The lowest BCUT2D eigenvalue weighted by Crippen LogP contribution is -2.52. The molecule has 96 valence electrons. The normalized spacial score (nSPS) is 19.6. The molecule has 0 aromatic rings. The van der Waals surface area contributed by atoms with Gasteiger partial charge < -0.3 is 10.6 Å². The molecular formula is C9H16ClF3N2O. The maximum atomic E-state index is 12.2. The van der Waals surface area contributed by atoms with E-state index in [0.29, 0.717) is 13.1 Å². The van der Waals surface area contributed by atoms with Crippen molar-refractivity contribution in [3.63, 3.8) is 0 Å². The van der Waals surface area contributed by atoms with Gasteiger partial charge in [-0.1, -0.05) is 12.8 Å². The summed E-state index contributed by atoms with van der Waals surface area (Å²) in [5.74, 6) is -0.996. The molecule has 1 unspecified atom stereocenters. The van der Waals surface area contributed by atoms with Crippen molar-refractivity contribution in [1.29, 1.82) is 0 Å². The number of carbonyl (C=O) groups is 1. The van der Waals surface area contributed by atoms with E-state index in [1.165, 1.54) is 4.90 Å². The number of hydrogen-bond donors (Lipinski definition) is 1. The largest absolute Gasteiger partial charge is 0.412 e. The van der Waals surface area contributed by atoms with Crippen molar-refractivity contribution in [2.75, 3.05) is 13.1 Å². The second-order valence-electron chi connectivity index (χ2n) is 3.76. The van der Waals surface area contributed by atoms with Crippen molar-refractivity contribution in [1.82, 2.24) is 4.90 Å². The van der Waals surface area contributed by atoms with Crippen LogP contribution >= 0.6 is 12.4 Å². The van der Waals surface area contributed by atoms with Crippen LogP contribution in [0.3, 0.4) is 0 Å². The first-order valence-electron chi connectivity index (χ1n) is 5.04. The van der Waals surface area contributed by atoms with Crippen LogP contribution < -0.4 is 5.73 Å². The van der Waals surface area contributed by atoms with E-state index in [0.717, 1.165) is 25.7 Å². The fraction of sp³-hybridized carbons (Fsp3) is 0.889. The molecule has 1 fully saturated rings. The summed E-state index contributed by atoms with van der Waals surface area (Å²) >= 11 is 0. The molecule has 0 aromatic heterocycles. The molecule has 1 heterocycles. The predicted molar refractivity (Wildman–Crippen MR) is 56.3 cm³/mol. The van der Waals surface area contributed by atoms with Crippen molar-refractivity contribution >= 4 is 18.3 Å². The number of hydrogen-bond acceptors (Lipinski definition) is 2. The Balaban J connectivity index is 0.00000225. The third-order valence-corrected chi connectivity index (χ3v) is 2.54. The van der Waals surface area contributed by atoms with Gasteiger partial charge in [0.15, 0.2) is 6.04 Å². The van der Waals surface area contributed by atoms with Crippen LogP contribution in [0.25, 0.3) is 0 Å². The van der Waals surface area contributed by atoms with Crippen molar-refractivity contribution in [2.45, 2.75) is 37.9 Å². The molecule has 2 N–H and O–H groups in total.